The van der Waals surface area contributed by atoms with E-state index in [9.17, 15) is 0 Å². The Bertz CT molecular complexity index is 3280. The number of anilines is 6. The van der Waals surface area contributed by atoms with Crippen molar-refractivity contribution in [2.75, 3.05) is 9.80 Å². The Labute approximate surface area is 379 Å². The van der Waals surface area contributed by atoms with Gasteiger partial charge in [-0.2, -0.15) is 0 Å². The third kappa shape index (κ3) is 5.78. The summed E-state index contributed by atoms with van der Waals surface area (Å²) >= 11 is 0. The van der Waals surface area contributed by atoms with Gasteiger partial charge < -0.3 is 9.80 Å². The lowest BCUT2D eigenvalue weighted by atomic mass is 9.55. The minimum absolute atomic E-state index is 0.0825. The minimum Gasteiger partial charge on any atom is -0.310 e. The smallest absolute Gasteiger partial charge is 0.0567 e. The van der Waals surface area contributed by atoms with Crippen LogP contribution in [0.1, 0.15) is 77.6 Å². The lowest BCUT2D eigenvalue weighted by molar-refractivity contribution is 0.299. The van der Waals surface area contributed by atoms with Crippen LogP contribution < -0.4 is 9.80 Å². The third-order valence-electron chi connectivity index (χ3n) is 16.1. The van der Waals surface area contributed by atoms with E-state index in [2.05, 4.69) is 259 Å². The van der Waals surface area contributed by atoms with E-state index in [4.69, 9.17) is 0 Å². The number of para-hydroxylation sites is 2. The van der Waals surface area contributed by atoms with E-state index in [0.717, 1.165) is 34.1 Å². The number of hydrogen-bond donors (Lipinski definition) is 0. The lowest BCUT2D eigenvalue weighted by Gasteiger charge is -2.48. The molecule has 0 fully saturated rings. The third-order valence-corrected chi connectivity index (χ3v) is 16.1. The monoisotopic (exact) mass is 828 g/mol. The van der Waals surface area contributed by atoms with Crippen LogP contribution in [0.2, 0.25) is 0 Å². The molecule has 0 radical (unpaired) electrons. The van der Waals surface area contributed by atoms with Gasteiger partial charge >= 0.3 is 0 Å². The van der Waals surface area contributed by atoms with E-state index >= 15 is 0 Å². The van der Waals surface area contributed by atoms with Gasteiger partial charge in [-0.25, -0.2) is 0 Å². The van der Waals surface area contributed by atoms with E-state index in [1.54, 1.807) is 0 Å². The zero-order valence-electron chi connectivity index (χ0n) is 38.4. The maximum absolute atomic E-state index is 2.51. The topological polar surface area (TPSA) is 6.48 Å². The van der Waals surface area contributed by atoms with Crippen LogP contribution >= 0.6 is 0 Å². The van der Waals surface area contributed by atoms with Gasteiger partial charge in [0.25, 0.3) is 0 Å². The molecule has 314 valence electrons. The van der Waals surface area contributed by atoms with Gasteiger partial charge in [0.15, 0.2) is 0 Å². The van der Waals surface area contributed by atoms with Gasteiger partial charge in [0.05, 0.1) is 5.69 Å². The molecule has 0 spiro atoms. The van der Waals surface area contributed by atoms with Crippen LogP contribution in [0.15, 0.2) is 194 Å². The summed E-state index contributed by atoms with van der Waals surface area (Å²) in [5, 5.41) is 4.88. The van der Waals surface area contributed by atoms with Crippen LogP contribution in [0.25, 0.3) is 43.8 Å². The number of rotatable bonds is 6. The highest BCUT2D eigenvalue weighted by Crippen LogP contribution is 2.57. The van der Waals surface area contributed by atoms with Crippen molar-refractivity contribution >= 4 is 55.7 Å². The second kappa shape index (κ2) is 14.3. The lowest BCUT2D eigenvalue weighted by Crippen LogP contribution is -2.43. The molecule has 0 bridgehead atoms. The Kier molecular flexibility index (Phi) is 8.92. The Balaban J connectivity index is 1.19. The predicted octanol–water partition coefficient (Wildman–Crippen LogP) is 17.4. The number of nitrogens with zero attached hydrogens (tertiary/aromatic N) is 2. The summed E-state index contributed by atoms with van der Waals surface area (Å²) in [6.07, 6.45) is 0. The van der Waals surface area contributed by atoms with Gasteiger partial charge in [-0.1, -0.05) is 189 Å². The molecule has 0 aliphatic heterocycles. The van der Waals surface area contributed by atoms with Crippen molar-refractivity contribution in [3.63, 3.8) is 0 Å². The Morgan fingerprint density at radius 2 is 0.703 bits per heavy atom. The average Bonchev–Trinajstić information content (AvgIpc) is 3.31. The van der Waals surface area contributed by atoms with Crippen molar-refractivity contribution in [2.24, 2.45) is 0 Å². The standard InChI is InChI=1S/C62H56N2/c1-59(2)53-29-19-17-27-49(53)51-35-33-45(38-55(51)61(59,5)6)63(43-22-11-9-12-23-43)47-37-42-32-31-41-21-15-16-26-48(41)58(42)57(40-47)64(44-24-13-10-14-25-44)46-34-36-52-50-28-18-20-30-54(50)60(3,4)62(7,8)56(52)39-46/h9-40H,1-8H3. The summed E-state index contributed by atoms with van der Waals surface area (Å²) in [4.78, 5) is 4.99. The van der Waals surface area contributed by atoms with Crippen LogP contribution in [0.5, 0.6) is 0 Å². The van der Waals surface area contributed by atoms with Crippen LogP contribution in [0.4, 0.5) is 34.1 Å². The van der Waals surface area contributed by atoms with Crippen molar-refractivity contribution in [3.8, 4) is 22.3 Å². The Hall–Kier alpha value is -6.90. The molecule has 11 rings (SSSR count). The fourth-order valence-electron chi connectivity index (χ4n) is 11.2. The van der Waals surface area contributed by atoms with Crippen LogP contribution in [0, 0.1) is 0 Å². The molecule has 64 heavy (non-hydrogen) atoms. The molecule has 9 aromatic carbocycles. The summed E-state index contributed by atoms with van der Waals surface area (Å²) in [7, 11) is 0. The van der Waals surface area contributed by atoms with Gasteiger partial charge in [-0.15, -0.1) is 0 Å². The molecule has 0 aromatic heterocycles. The van der Waals surface area contributed by atoms with Gasteiger partial charge in [0, 0.05) is 33.8 Å². The second-order valence-corrected chi connectivity index (χ2v) is 20.2. The normalized spacial score (nSPS) is 16.0. The van der Waals surface area contributed by atoms with E-state index < -0.39 is 0 Å². The van der Waals surface area contributed by atoms with Crippen molar-refractivity contribution in [1.29, 1.82) is 0 Å². The van der Waals surface area contributed by atoms with Gasteiger partial charge in [-0.3, -0.25) is 0 Å². The highest BCUT2D eigenvalue weighted by atomic mass is 15.2. The maximum atomic E-state index is 2.51. The quantitative estimate of drug-likeness (QED) is 0.154. The molecule has 0 amide bonds. The average molecular weight is 829 g/mol. The molecule has 0 saturated heterocycles. The summed E-state index contributed by atoms with van der Waals surface area (Å²) in [6.45, 7) is 19.4. The highest BCUT2D eigenvalue weighted by Gasteiger charge is 2.47. The predicted molar refractivity (Wildman–Crippen MR) is 274 cm³/mol. The van der Waals surface area contributed by atoms with Crippen LogP contribution in [0.3, 0.4) is 0 Å². The summed E-state index contributed by atoms with van der Waals surface area (Å²) in [5.74, 6) is 0. The largest absolute Gasteiger partial charge is 0.310 e. The number of hydrogen-bond acceptors (Lipinski definition) is 2. The van der Waals surface area contributed by atoms with Crippen molar-refractivity contribution < 1.29 is 0 Å². The fraction of sp³-hybridized carbons (Fsp3) is 0.194. The van der Waals surface area contributed by atoms with Crippen molar-refractivity contribution in [1.82, 2.24) is 0 Å². The first kappa shape index (κ1) is 39.9. The molecular weight excluding hydrogens is 773 g/mol. The number of benzene rings is 9. The van der Waals surface area contributed by atoms with Crippen LogP contribution in [-0.2, 0) is 21.7 Å². The Morgan fingerprint density at radius 3 is 1.27 bits per heavy atom. The SMILES string of the molecule is CC1(C)c2ccccc2-c2ccc(N(c3ccccc3)c3cc(N(c4ccccc4)c4ccc5c(c4)C(C)(C)C(C)(C)c4ccccc4-5)c4c(ccc5ccccc54)c3)cc2C1(C)C. The summed E-state index contributed by atoms with van der Waals surface area (Å²) in [6, 6.07) is 72.6. The number of fused-ring (bicyclic) bond motifs is 9. The molecule has 9 aromatic rings. The molecular formula is C62H56N2. The first-order valence-electron chi connectivity index (χ1n) is 22.9. The summed E-state index contributed by atoms with van der Waals surface area (Å²) < 4.78 is 0. The van der Waals surface area contributed by atoms with Crippen LogP contribution in [-0.4, -0.2) is 0 Å². The maximum Gasteiger partial charge on any atom is 0.0567 e. The highest BCUT2D eigenvalue weighted by molar-refractivity contribution is 6.16. The van der Waals surface area contributed by atoms with E-state index in [1.165, 1.54) is 66.1 Å². The molecule has 2 aliphatic carbocycles. The second-order valence-electron chi connectivity index (χ2n) is 20.2. The van der Waals surface area contributed by atoms with Gasteiger partial charge in [0.1, 0.15) is 0 Å². The van der Waals surface area contributed by atoms with Crippen molar-refractivity contribution in [3.05, 3.63) is 216 Å². The molecule has 0 N–H and O–H groups in total. The zero-order valence-corrected chi connectivity index (χ0v) is 38.4. The van der Waals surface area contributed by atoms with Gasteiger partial charge in [0.2, 0.25) is 0 Å². The first-order valence-corrected chi connectivity index (χ1v) is 22.9. The first-order chi connectivity index (χ1) is 30.8. The van der Waals surface area contributed by atoms with E-state index in [0.29, 0.717) is 0 Å². The summed E-state index contributed by atoms with van der Waals surface area (Å²) in [5.41, 5.74) is 17.1. The molecule has 0 unspecified atom stereocenters. The van der Waals surface area contributed by atoms with Gasteiger partial charge in [-0.05, 0) is 143 Å². The molecule has 2 heteroatoms. The molecule has 2 aliphatic rings. The van der Waals surface area contributed by atoms with E-state index in [1.807, 2.05) is 0 Å². The van der Waals surface area contributed by atoms with E-state index in [-0.39, 0.29) is 21.7 Å². The Morgan fingerprint density at radius 1 is 0.281 bits per heavy atom. The minimum atomic E-state index is -0.148. The molecule has 2 nitrogen and oxygen atoms in total. The molecule has 0 atom stereocenters. The molecule has 0 saturated carbocycles. The molecule has 0 heterocycles. The fourth-order valence-corrected chi connectivity index (χ4v) is 11.2. The van der Waals surface area contributed by atoms with Crippen molar-refractivity contribution in [2.45, 2.75) is 77.0 Å². The zero-order chi connectivity index (χ0) is 44.2.